The Bertz CT molecular complexity index is 585. The molecule has 2 aromatic rings. The molecular formula is C14H15F3N2S. The van der Waals surface area contributed by atoms with Gasteiger partial charge < -0.3 is 5.73 Å². The first kappa shape index (κ1) is 15.0. The van der Waals surface area contributed by atoms with Crippen molar-refractivity contribution in [3.05, 3.63) is 40.2 Å². The number of rotatable bonds is 3. The van der Waals surface area contributed by atoms with Gasteiger partial charge in [0.1, 0.15) is 5.01 Å². The van der Waals surface area contributed by atoms with Crippen LogP contribution in [0.25, 0.3) is 11.3 Å². The van der Waals surface area contributed by atoms with E-state index in [0.29, 0.717) is 17.8 Å². The van der Waals surface area contributed by atoms with Gasteiger partial charge in [-0.05, 0) is 12.1 Å². The smallest absolute Gasteiger partial charge is 0.330 e. The molecule has 0 saturated heterocycles. The first-order valence-electron chi connectivity index (χ1n) is 6.08. The SMILES string of the molecule is CC(C)(CN)c1nc(-c2ccc(C(F)(F)F)cc2)cs1. The van der Waals surface area contributed by atoms with Gasteiger partial charge in [0.2, 0.25) is 0 Å². The Morgan fingerprint density at radius 3 is 2.25 bits per heavy atom. The van der Waals surface area contributed by atoms with Crippen LogP contribution in [0, 0.1) is 0 Å². The Morgan fingerprint density at radius 2 is 1.75 bits per heavy atom. The monoisotopic (exact) mass is 300 g/mol. The van der Waals surface area contributed by atoms with E-state index in [1.54, 1.807) is 0 Å². The van der Waals surface area contributed by atoms with Crippen molar-refractivity contribution in [3.8, 4) is 11.3 Å². The predicted octanol–water partition coefficient (Wildman–Crippen LogP) is 4.07. The highest BCUT2D eigenvalue weighted by molar-refractivity contribution is 7.10. The van der Waals surface area contributed by atoms with Gasteiger partial charge in [0, 0.05) is 22.9 Å². The summed E-state index contributed by atoms with van der Waals surface area (Å²) in [6.45, 7) is 4.44. The van der Waals surface area contributed by atoms with Crippen LogP contribution in [0.4, 0.5) is 13.2 Å². The van der Waals surface area contributed by atoms with Crippen LogP contribution in [0.15, 0.2) is 29.6 Å². The molecule has 0 aliphatic heterocycles. The molecule has 1 aromatic heterocycles. The third-order valence-corrected chi connectivity index (χ3v) is 4.31. The molecule has 0 atom stereocenters. The van der Waals surface area contributed by atoms with E-state index in [1.807, 2.05) is 19.2 Å². The van der Waals surface area contributed by atoms with Gasteiger partial charge >= 0.3 is 6.18 Å². The molecule has 2 rings (SSSR count). The Labute approximate surface area is 119 Å². The quantitative estimate of drug-likeness (QED) is 0.928. The number of hydrogen-bond acceptors (Lipinski definition) is 3. The summed E-state index contributed by atoms with van der Waals surface area (Å²) in [7, 11) is 0. The van der Waals surface area contributed by atoms with Gasteiger partial charge in [-0.2, -0.15) is 13.2 Å². The lowest BCUT2D eigenvalue weighted by Crippen LogP contribution is -2.27. The van der Waals surface area contributed by atoms with Crippen LogP contribution in [-0.4, -0.2) is 11.5 Å². The first-order valence-corrected chi connectivity index (χ1v) is 6.96. The third kappa shape index (κ3) is 3.02. The number of hydrogen-bond donors (Lipinski definition) is 1. The molecule has 0 aliphatic rings. The van der Waals surface area contributed by atoms with Crippen LogP contribution in [0.1, 0.15) is 24.4 Å². The minimum atomic E-state index is -4.31. The zero-order valence-corrected chi connectivity index (χ0v) is 12.0. The van der Waals surface area contributed by atoms with E-state index >= 15 is 0 Å². The Hall–Kier alpha value is -1.40. The van der Waals surface area contributed by atoms with E-state index in [2.05, 4.69) is 4.98 Å². The number of thiazole rings is 1. The fourth-order valence-electron chi connectivity index (χ4n) is 1.63. The molecule has 6 heteroatoms. The second kappa shape index (κ2) is 5.18. The number of aromatic nitrogens is 1. The Balaban J connectivity index is 2.29. The van der Waals surface area contributed by atoms with Gasteiger partial charge in [0.05, 0.1) is 11.3 Å². The number of benzene rings is 1. The summed E-state index contributed by atoms with van der Waals surface area (Å²) >= 11 is 1.47. The number of nitrogens with zero attached hydrogens (tertiary/aromatic N) is 1. The summed E-state index contributed by atoms with van der Waals surface area (Å²) in [5, 5.41) is 2.73. The first-order chi connectivity index (χ1) is 9.24. The summed E-state index contributed by atoms with van der Waals surface area (Å²) in [6.07, 6.45) is -4.31. The molecule has 2 N–H and O–H groups in total. The topological polar surface area (TPSA) is 38.9 Å². The highest BCUT2D eigenvalue weighted by atomic mass is 32.1. The summed E-state index contributed by atoms with van der Waals surface area (Å²) in [5.41, 5.74) is 6.17. The van der Waals surface area contributed by atoms with Gasteiger partial charge in [-0.3, -0.25) is 0 Å². The van der Waals surface area contributed by atoms with Crippen molar-refractivity contribution in [2.45, 2.75) is 25.4 Å². The van der Waals surface area contributed by atoms with Crippen LogP contribution < -0.4 is 5.73 Å². The second-order valence-electron chi connectivity index (χ2n) is 5.20. The lowest BCUT2D eigenvalue weighted by molar-refractivity contribution is -0.137. The molecular weight excluding hydrogens is 285 g/mol. The van der Waals surface area contributed by atoms with Gasteiger partial charge in [-0.25, -0.2) is 4.98 Å². The van der Waals surface area contributed by atoms with Crippen molar-refractivity contribution in [1.29, 1.82) is 0 Å². The average Bonchev–Trinajstić information content (AvgIpc) is 2.88. The van der Waals surface area contributed by atoms with Crippen LogP contribution in [0.3, 0.4) is 0 Å². The lowest BCUT2D eigenvalue weighted by Gasteiger charge is -2.18. The van der Waals surface area contributed by atoms with E-state index in [9.17, 15) is 13.2 Å². The van der Waals surface area contributed by atoms with E-state index in [-0.39, 0.29) is 5.41 Å². The van der Waals surface area contributed by atoms with E-state index in [1.165, 1.54) is 23.5 Å². The average molecular weight is 300 g/mol. The lowest BCUT2D eigenvalue weighted by atomic mass is 9.95. The molecule has 0 radical (unpaired) electrons. The van der Waals surface area contributed by atoms with Crippen molar-refractivity contribution in [2.24, 2.45) is 5.73 Å². The number of alkyl halides is 3. The highest BCUT2D eigenvalue weighted by Gasteiger charge is 2.30. The Morgan fingerprint density at radius 1 is 1.15 bits per heavy atom. The fourth-order valence-corrected chi connectivity index (χ4v) is 2.60. The molecule has 1 aromatic carbocycles. The minimum Gasteiger partial charge on any atom is -0.330 e. The molecule has 108 valence electrons. The molecule has 0 aliphatic carbocycles. The Kier molecular flexibility index (Phi) is 3.88. The van der Waals surface area contributed by atoms with Crippen molar-refractivity contribution in [1.82, 2.24) is 4.98 Å². The summed E-state index contributed by atoms with van der Waals surface area (Å²) < 4.78 is 37.5. The van der Waals surface area contributed by atoms with Crippen molar-refractivity contribution >= 4 is 11.3 Å². The molecule has 0 fully saturated rings. The zero-order chi connectivity index (χ0) is 15.0. The van der Waals surface area contributed by atoms with E-state index < -0.39 is 11.7 Å². The second-order valence-corrected chi connectivity index (χ2v) is 6.06. The van der Waals surface area contributed by atoms with Gasteiger partial charge in [-0.15, -0.1) is 11.3 Å². The summed E-state index contributed by atoms with van der Waals surface area (Å²) in [4.78, 5) is 4.47. The standard InChI is InChI=1S/C14H15F3N2S/c1-13(2,8-18)12-19-11(7-20-12)9-3-5-10(6-4-9)14(15,16)17/h3-7H,8,18H2,1-2H3. The van der Waals surface area contributed by atoms with Gasteiger partial charge in [-0.1, -0.05) is 26.0 Å². The van der Waals surface area contributed by atoms with E-state index in [4.69, 9.17) is 5.73 Å². The highest BCUT2D eigenvalue weighted by Crippen LogP contribution is 2.33. The van der Waals surface area contributed by atoms with Crippen molar-refractivity contribution < 1.29 is 13.2 Å². The normalized spacial score (nSPS) is 12.7. The molecule has 20 heavy (non-hydrogen) atoms. The number of nitrogens with two attached hydrogens (primary N) is 1. The van der Waals surface area contributed by atoms with Crippen LogP contribution in [0.5, 0.6) is 0 Å². The maximum absolute atomic E-state index is 12.5. The molecule has 0 amide bonds. The van der Waals surface area contributed by atoms with Crippen LogP contribution in [-0.2, 0) is 11.6 Å². The molecule has 2 nitrogen and oxygen atoms in total. The maximum atomic E-state index is 12.5. The molecule has 0 spiro atoms. The minimum absolute atomic E-state index is 0.227. The van der Waals surface area contributed by atoms with Crippen LogP contribution in [0.2, 0.25) is 0 Å². The van der Waals surface area contributed by atoms with Gasteiger partial charge in [0.15, 0.2) is 0 Å². The van der Waals surface area contributed by atoms with Crippen LogP contribution >= 0.6 is 11.3 Å². The van der Waals surface area contributed by atoms with Crippen molar-refractivity contribution in [3.63, 3.8) is 0 Å². The fraction of sp³-hybridized carbons (Fsp3) is 0.357. The molecule has 0 unspecified atom stereocenters. The zero-order valence-electron chi connectivity index (χ0n) is 11.2. The van der Waals surface area contributed by atoms with Crippen molar-refractivity contribution in [2.75, 3.05) is 6.54 Å². The summed E-state index contributed by atoms with van der Waals surface area (Å²) in [6, 6.07) is 5.03. The van der Waals surface area contributed by atoms with E-state index in [0.717, 1.165) is 17.1 Å². The number of halogens is 3. The summed E-state index contributed by atoms with van der Waals surface area (Å²) in [5.74, 6) is 0. The molecule has 1 heterocycles. The maximum Gasteiger partial charge on any atom is 0.416 e. The van der Waals surface area contributed by atoms with Gasteiger partial charge in [0.25, 0.3) is 0 Å². The largest absolute Gasteiger partial charge is 0.416 e. The predicted molar refractivity (Wildman–Crippen MR) is 74.6 cm³/mol. The molecule has 0 bridgehead atoms. The molecule has 0 saturated carbocycles. The third-order valence-electron chi connectivity index (χ3n) is 3.10.